The summed E-state index contributed by atoms with van der Waals surface area (Å²) in [4.78, 5) is 26.1. The average molecular weight is 289 g/mol. The Morgan fingerprint density at radius 1 is 1.33 bits per heavy atom. The van der Waals surface area contributed by atoms with Crippen LogP contribution in [0.2, 0.25) is 0 Å². The maximum absolute atomic E-state index is 11.7. The number of aliphatic carboxylic acids is 1. The van der Waals surface area contributed by atoms with E-state index in [1.807, 2.05) is 31.2 Å². The van der Waals surface area contributed by atoms with Gasteiger partial charge < -0.3 is 20.7 Å². The Morgan fingerprint density at radius 2 is 2.10 bits per heavy atom. The van der Waals surface area contributed by atoms with E-state index in [2.05, 4.69) is 15.6 Å². The van der Waals surface area contributed by atoms with E-state index < -0.39 is 12.0 Å². The molecule has 1 atom stereocenters. The van der Waals surface area contributed by atoms with E-state index in [-0.39, 0.29) is 18.9 Å². The number of nitrogens with one attached hydrogen (secondary N) is 3. The van der Waals surface area contributed by atoms with Gasteiger partial charge in [-0.25, -0.2) is 4.79 Å². The largest absolute Gasteiger partial charge is 0.480 e. The third-order valence-electron chi connectivity index (χ3n) is 3.27. The van der Waals surface area contributed by atoms with Gasteiger partial charge in [-0.1, -0.05) is 25.1 Å². The molecule has 0 aliphatic heterocycles. The normalized spacial score (nSPS) is 12.2. The Balaban J connectivity index is 2.09. The minimum atomic E-state index is -1.04. The van der Waals surface area contributed by atoms with Crippen molar-refractivity contribution in [2.24, 2.45) is 0 Å². The molecule has 0 fully saturated rings. The number of para-hydroxylation sites is 1. The van der Waals surface area contributed by atoms with E-state index in [0.717, 1.165) is 16.5 Å². The molecule has 4 N–H and O–H groups in total. The predicted octanol–water partition coefficient (Wildman–Crippen LogP) is 0.889. The van der Waals surface area contributed by atoms with Gasteiger partial charge in [0.1, 0.15) is 6.04 Å². The van der Waals surface area contributed by atoms with E-state index in [1.54, 1.807) is 6.20 Å². The van der Waals surface area contributed by atoms with Crippen molar-refractivity contribution in [3.63, 3.8) is 0 Å². The number of carbonyl (C=O) groups excluding carboxylic acids is 1. The number of rotatable bonds is 7. The molecule has 1 aromatic heterocycles. The summed E-state index contributed by atoms with van der Waals surface area (Å²) in [7, 11) is 0. The van der Waals surface area contributed by atoms with Crippen LogP contribution in [-0.4, -0.2) is 41.1 Å². The molecule has 0 unspecified atom stereocenters. The number of amides is 1. The molecule has 0 bridgehead atoms. The summed E-state index contributed by atoms with van der Waals surface area (Å²) in [5.74, 6) is -1.35. The zero-order chi connectivity index (χ0) is 15.2. The molecule has 6 nitrogen and oxygen atoms in total. The van der Waals surface area contributed by atoms with Crippen molar-refractivity contribution in [1.29, 1.82) is 0 Å². The first-order valence-electron chi connectivity index (χ1n) is 6.89. The number of benzene rings is 1. The molecule has 112 valence electrons. The Kier molecular flexibility index (Phi) is 4.94. The number of carboxylic acids is 1. The average Bonchev–Trinajstić information content (AvgIpc) is 2.87. The van der Waals surface area contributed by atoms with Crippen LogP contribution in [0.3, 0.4) is 0 Å². The fraction of sp³-hybridized carbons (Fsp3) is 0.333. The highest BCUT2D eigenvalue weighted by atomic mass is 16.4. The Morgan fingerprint density at radius 3 is 2.81 bits per heavy atom. The van der Waals surface area contributed by atoms with E-state index in [4.69, 9.17) is 0 Å². The fourth-order valence-electron chi connectivity index (χ4n) is 2.20. The molecule has 0 radical (unpaired) electrons. The number of carboxylic acid groups (broad SMARTS) is 1. The Hall–Kier alpha value is -2.34. The summed E-state index contributed by atoms with van der Waals surface area (Å²) in [6.07, 6.45) is 2.04. The third-order valence-corrected chi connectivity index (χ3v) is 3.27. The molecule has 0 saturated carbocycles. The van der Waals surface area contributed by atoms with Crippen molar-refractivity contribution < 1.29 is 14.7 Å². The summed E-state index contributed by atoms with van der Waals surface area (Å²) in [6.45, 7) is 2.66. The molecule has 1 aromatic carbocycles. The second kappa shape index (κ2) is 6.90. The first-order valence-corrected chi connectivity index (χ1v) is 6.89. The number of hydrogen-bond acceptors (Lipinski definition) is 3. The molecular formula is C15H19N3O3. The molecule has 2 aromatic rings. The lowest BCUT2D eigenvalue weighted by atomic mass is 10.1. The minimum Gasteiger partial charge on any atom is -0.480 e. The van der Waals surface area contributed by atoms with Crippen molar-refractivity contribution in [2.45, 2.75) is 19.4 Å². The number of fused-ring (bicyclic) bond motifs is 1. The van der Waals surface area contributed by atoms with E-state index in [9.17, 15) is 14.7 Å². The second-order valence-electron chi connectivity index (χ2n) is 4.80. The van der Waals surface area contributed by atoms with Gasteiger partial charge in [0.25, 0.3) is 0 Å². The zero-order valence-electron chi connectivity index (χ0n) is 11.8. The first kappa shape index (κ1) is 15.1. The highest BCUT2D eigenvalue weighted by molar-refractivity contribution is 5.87. The van der Waals surface area contributed by atoms with Gasteiger partial charge in [0.2, 0.25) is 5.91 Å². The topological polar surface area (TPSA) is 94.2 Å². The maximum atomic E-state index is 11.7. The maximum Gasteiger partial charge on any atom is 0.326 e. The number of hydrogen-bond donors (Lipinski definition) is 4. The van der Waals surface area contributed by atoms with Gasteiger partial charge in [-0.05, 0) is 18.2 Å². The molecule has 0 spiro atoms. The molecule has 0 aliphatic carbocycles. The van der Waals surface area contributed by atoms with Crippen molar-refractivity contribution >= 4 is 22.8 Å². The standard InChI is InChI=1S/C15H19N3O3/c1-2-16-9-14(19)18-13(15(20)21)7-10-8-17-12-6-4-3-5-11(10)12/h3-6,8,13,16-17H,2,7,9H2,1H3,(H,18,19)(H,20,21)/t13-/m0/s1. The molecular weight excluding hydrogens is 270 g/mol. The van der Waals surface area contributed by atoms with Gasteiger partial charge in [0.15, 0.2) is 0 Å². The van der Waals surface area contributed by atoms with E-state index in [0.29, 0.717) is 6.54 Å². The van der Waals surface area contributed by atoms with Gasteiger partial charge in [0, 0.05) is 23.5 Å². The number of carbonyl (C=O) groups is 2. The Labute approximate surface area is 122 Å². The highest BCUT2D eigenvalue weighted by Gasteiger charge is 2.21. The van der Waals surface area contributed by atoms with Crippen LogP contribution in [-0.2, 0) is 16.0 Å². The predicted molar refractivity (Wildman–Crippen MR) is 80.1 cm³/mol. The van der Waals surface area contributed by atoms with E-state index >= 15 is 0 Å². The molecule has 6 heteroatoms. The van der Waals surface area contributed by atoms with E-state index in [1.165, 1.54) is 0 Å². The minimum absolute atomic E-state index is 0.119. The summed E-state index contributed by atoms with van der Waals surface area (Å²) < 4.78 is 0. The van der Waals surface area contributed by atoms with Crippen LogP contribution < -0.4 is 10.6 Å². The second-order valence-corrected chi connectivity index (χ2v) is 4.80. The SMILES string of the molecule is CCNCC(=O)N[C@@H](Cc1c[nH]c2ccccc12)C(=O)O. The summed E-state index contributed by atoms with van der Waals surface area (Å²) in [5.41, 5.74) is 1.83. The van der Waals surface area contributed by atoms with Gasteiger partial charge in [-0.3, -0.25) is 4.79 Å². The molecule has 2 rings (SSSR count). The summed E-state index contributed by atoms with van der Waals surface area (Å²) >= 11 is 0. The molecule has 0 saturated heterocycles. The fourth-order valence-corrected chi connectivity index (χ4v) is 2.20. The van der Waals surface area contributed by atoms with Crippen LogP contribution in [0.25, 0.3) is 10.9 Å². The van der Waals surface area contributed by atoms with Crippen LogP contribution in [0, 0.1) is 0 Å². The zero-order valence-corrected chi connectivity index (χ0v) is 11.8. The Bertz CT molecular complexity index is 636. The summed E-state index contributed by atoms with van der Waals surface area (Å²) in [5, 5.41) is 15.7. The lowest BCUT2D eigenvalue weighted by Crippen LogP contribution is -2.45. The van der Waals surface area contributed by atoms with Crippen molar-refractivity contribution in [3.8, 4) is 0 Å². The van der Waals surface area contributed by atoms with Gasteiger partial charge in [-0.15, -0.1) is 0 Å². The molecule has 1 heterocycles. The van der Waals surface area contributed by atoms with Gasteiger partial charge in [0.05, 0.1) is 6.54 Å². The highest BCUT2D eigenvalue weighted by Crippen LogP contribution is 2.19. The van der Waals surface area contributed by atoms with Crippen molar-refractivity contribution in [1.82, 2.24) is 15.6 Å². The number of aromatic amines is 1. The number of H-pyrrole nitrogens is 1. The van der Waals surface area contributed by atoms with Crippen molar-refractivity contribution in [2.75, 3.05) is 13.1 Å². The first-order chi connectivity index (χ1) is 10.1. The molecule has 0 aliphatic rings. The number of likely N-dealkylation sites (N-methyl/N-ethyl adjacent to an activating group) is 1. The van der Waals surface area contributed by atoms with Gasteiger partial charge >= 0.3 is 5.97 Å². The van der Waals surface area contributed by atoms with Gasteiger partial charge in [-0.2, -0.15) is 0 Å². The van der Waals surface area contributed by atoms with Crippen molar-refractivity contribution in [3.05, 3.63) is 36.0 Å². The quantitative estimate of drug-likeness (QED) is 0.609. The van der Waals surface area contributed by atoms with Crippen LogP contribution in [0.4, 0.5) is 0 Å². The lowest BCUT2D eigenvalue weighted by molar-refractivity contribution is -0.141. The monoisotopic (exact) mass is 289 g/mol. The summed E-state index contributed by atoms with van der Waals surface area (Å²) in [6, 6.07) is 6.74. The van der Waals surface area contributed by atoms with Crippen LogP contribution in [0.15, 0.2) is 30.5 Å². The number of aromatic nitrogens is 1. The molecule has 21 heavy (non-hydrogen) atoms. The van der Waals surface area contributed by atoms with Crippen LogP contribution in [0.1, 0.15) is 12.5 Å². The third kappa shape index (κ3) is 3.82. The smallest absolute Gasteiger partial charge is 0.326 e. The lowest BCUT2D eigenvalue weighted by Gasteiger charge is -2.14. The van der Waals surface area contributed by atoms with Crippen LogP contribution >= 0.6 is 0 Å². The molecule has 1 amide bonds. The van der Waals surface area contributed by atoms with Crippen LogP contribution in [0.5, 0.6) is 0 Å².